The minimum absolute atomic E-state index is 0. The van der Waals surface area contributed by atoms with Crippen molar-refractivity contribution in [3.8, 4) is 0 Å². The van der Waals surface area contributed by atoms with Gasteiger partial charge in [0.2, 0.25) is 0 Å². The molecule has 0 amide bonds. The quantitative estimate of drug-likeness (QED) is 0.0400. The van der Waals surface area contributed by atoms with E-state index in [2.05, 4.69) is 71.3 Å². The fraction of sp³-hybridized carbons (Fsp3) is 0.977. The molecule has 5 heteroatoms. The van der Waals surface area contributed by atoms with Crippen molar-refractivity contribution in [2.45, 2.75) is 235 Å². The summed E-state index contributed by atoms with van der Waals surface area (Å²) in [4.78, 5) is 0. The molecule has 0 saturated carbocycles. The van der Waals surface area contributed by atoms with Gasteiger partial charge in [0, 0.05) is 6.61 Å². The van der Waals surface area contributed by atoms with Crippen LogP contribution in [0, 0.1) is 6.92 Å². The number of aliphatic hydroxyl groups is 1. The molecule has 0 aliphatic carbocycles. The first kappa shape index (κ1) is 61.6. The van der Waals surface area contributed by atoms with Gasteiger partial charge in [-0.05, 0) is 6.42 Å². The Bertz CT molecular complexity index is 343. The van der Waals surface area contributed by atoms with Crippen LogP contribution in [0.5, 0.6) is 0 Å². The Kier molecular flexibility index (Phi) is 92.8. The van der Waals surface area contributed by atoms with Crippen LogP contribution in [0.4, 0.5) is 0 Å². The second kappa shape index (κ2) is 73.9. The van der Waals surface area contributed by atoms with Crippen LogP contribution in [0.15, 0.2) is 0 Å². The molecule has 0 aliphatic heterocycles. The number of hydrogen-bond donors (Lipinski definition) is 1. The van der Waals surface area contributed by atoms with Gasteiger partial charge < -0.3 is 28.0 Å². The molecule has 298 valence electrons. The van der Waals surface area contributed by atoms with Gasteiger partial charge in [0.25, 0.3) is 0 Å². The van der Waals surface area contributed by atoms with Crippen LogP contribution in [0.25, 0.3) is 16.0 Å². The van der Waals surface area contributed by atoms with Crippen molar-refractivity contribution >= 4 is 0 Å². The molecule has 49 heavy (non-hydrogen) atoms. The Morgan fingerprint density at radius 2 is 0.449 bits per heavy atom. The van der Waals surface area contributed by atoms with E-state index in [9.17, 15) is 0 Å². The molecule has 0 fully saturated rings. The summed E-state index contributed by atoms with van der Waals surface area (Å²) in [6.07, 6.45) is 37.0. The molecule has 0 unspecified atom stereocenters. The molecule has 0 saturated heterocycles. The Morgan fingerprint density at radius 3 is 0.592 bits per heavy atom. The van der Waals surface area contributed by atoms with Crippen molar-refractivity contribution in [3.63, 3.8) is 0 Å². The molecule has 0 aromatic carbocycles. The van der Waals surface area contributed by atoms with E-state index >= 15 is 0 Å². The van der Waals surface area contributed by atoms with Gasteiger partial charge in [-0.15, -0.1) is 39.3 Å². The van der Waals surface area contributed by atoms with Crippen LogP contribution < -0.4 is 0 Å². The molecule has 0 aliphatic rings. The summed E-state index contributed by atoms with van der Waals surface area (Å²) in [5.74, 6) is 0. The van der Waals surface area contributed by atoms with E-state index in [0.29, 0.717) is 6.61 Å². The van der Waals surface area contributed by atoms with E-state index in [4.69, 9.17) is 5.11 Å². The normalized spacial score (nSPS) is 9.92. The Morgan fingerprint density at radius 1 is 0.286 bits per heavy atom. The van der Waals surface area contributed by atoms with Crippen LogP contribution >= 0.6 is 0 Å². The zero-order valence-electron chi connectivity index (χ0n) is 35.7. The maximum absolute atomic E-state index is 8.29. The van der Waals surface area contributed by atoms with Crippen molar-refractivity contribution in [2.24, 2.45) is 0 Å². The smallest absolute Gasteiger partial charge is 0.662 e. The van der Waals surface area contributed by atoms with Gasteiger partial charge >= 0.3 is 21.7 Å². The third-order valence-electron chi connectivity index (χ3n) is 8.03. The van der Waals surface area contributed by atoms with E-state index in [1.54, 1.807) is 6.92 Å². The number of rotatable bonds is 34. The van der Waals surface area contributed by atoms with Gasteiger partial charge in [0.05, 0.1) is 0 Å². The molecule has 0 spiro atoms. The van der Waals surface area contributed by atoms with E-state index in [1.807, 2.05) is 0 Å². The molecule has 4 nitrogen and oxygen atoms in total. The summed E-state index contributed by atoms with van der Waals surface area (Å²) < 4.78 is 0. The molecule has 0 atom stereocenters. The van der Waals surface area contributed by atoms with E-state index < -0.39 is 0 Å². The summed E-state index contributed by atoms with van der Waals surface area (Å²) in [6, 6.07) is 0. The number of nitrogens with zero attached hydrogens (tertiary/aromatic N) is 3. The molecule has 1 N–H and O–H groups in total. The molecular weight excluding hydrogens is 634 g/mol. The van der Waals surface area contributed by atoms with E-state index in [0.717, 1.165) is 45.7 Å². The number of hydrogen-bond acceptors (Lipinski definition) is 1. The van der Waals surface area contributed by atoms with Crippen LogP contribution in [-0.2, 0) is 21.7 Å². The second-order valence-corrected chi connectivity index (χ2v) is 13.2. The van der Waals surface area contributed by atoms with Crippen molar-refractivity contribution in [1.29, 1.82) is 0 Å². The van der Waals surface area contributed by atoms with E-state index in [1.165, 1.54) is 173 Å². The number of aliphatic hydroxyl groups excluding tert-OH is 1. The summed E-state index contributed by atoms with van der Waals surface area (Å²) in [7, 11) is 0. The molecule has 0 heterocycles. The van der Waals surface area contributed by atoms with Gasteiger partial charge in [0.15, 0.2) is 0 Å². The molecule has 0 radical (unpaired) electrons. The first-order chi connectivity index (χ1) is 23.7. The third-order valence-corrected chi connectivity index (χ3v) is 8.03. The second-order valence-electron chi connectivity index (χ2n) is 13.2. The minimum Gasteiger partial charge on any atom is -0.662 e. The fourth-order valence-electron chi connectivity index (χ4n) is 4.78. The third kappa shape index (κ3) is 88.1. The summed E-state index contributed by atoms with van der Waals surface area (Å²) in [5.41, 5.74) is 0. The van der Waals surface area contributed by atoms with Crippen LogP contribution in [-0.4, -0.2) is 51.0 Å². The molecular formula is C44H97N3OTi. The molecule has 0 bridgehead atoms. The van der Waals surface area contributed by atoms with Crippen molar-refractivity contribution in [1.82, 2.24) is 0 Å². The maximum Gasteiger partial charge on any atom is 4.00 e. The monoisotopic (exact) mass is 732 g/mol. The standard InChI is InChI=1S/3C12H26N.C6H14O.C2H5.Ti/c3*1-3-5-7-9-11-13-12-10-8-6-4-2;1-2-3-4-5-6-7;1-2;/h3*3-12H2,1-2H3;7H,2-6H2,1H3;1H2,2H3;/q3*-1;;-1;+4. The average Bonchev–Trinajstić information content (AvgIpc) is 3.11. The van der Waals surface area contributed by atoms with Gasteiger partial charge in [-0.25, -0.2) is 0 Å². The minimum atomic E-state index is 0. The SMILES string of the molecule is CCCCCCO.CCCCCC[N-]CCCCCC.CCCCCC[N-]CCCCCC.CCCCCC[N-]CCCCCC.[CH2-]C.[Ti+4]. The summed E-state index contributed by atoms with van der Waals surface area (Å²) in [5, 5.41) is 21.8. The van der Waals surface area contributed by atoms with Gasteiger partial charge in [-0.2, -0.15) is 6.92 Å². The molecule has 0 aromatic heterocycles. The maximum atomic E-state index is 8.29. The van der Waals surface area contributed by atoms with Crippen LogP contribution in [0.3, 0.4) is 0 Å². The van der Waals surface area contributed by atoms with Gasteiger partial charge in [-0.1, -0.05) is 222 Å². The first-order valence-electron chi connectivity index (χ1n) is 21.9. The molecule has 0 rings (SSSR count). The fourth-order valence-corrected chi connectivity index (χ4v) is 4.78. The summed E-state index contributed by atoms with van der Waals surface area (Å²) >= 11 is 0. The molecule has 0 aromatic rings. The largest absolute Gasteiger partial charge is 4.00 e. The van der Waals surface area contributed by atoms with Crippen molar-refractivity contribution in [2.75, 3.05) is 45.9 Å². The van der Waals surface area contributed by atoms with Crippen molar-refractivity contribution < 1.29 is 26.8 Å². The predicted octanol–water partition coefficient (Wildman–Crippen LogP) is 16.0. The average molecular weight is 732 g/mol. The number of unbranched alkanes of at least 4 members (excludes halogenated alkanes) is 21. The predicted molar refractivity (Wildman–Crippen MR) is 226 cm³/mol. The Balaban J connectivity index is -0.000000125. The van der Waals surface area contributed by atoms with Crippen molar-refractivity contribution in [3.05, 3.63) is 22.9 Å². The zero-order chi connectivity index (χ0) is 36.9. The Hall–Kier alpha value is 0.554. The van der Waals surface area contributed by atoms with Crippen LogP contribution in [0.2, 0.25) is 0 Å². The summed E-state index contributed by atoms with van der Waals surface area (Å²) in [6.45, 7) is 27.7. The zero-order valence-corrected chi connectivity index (χ0v) is 37.3. The first-order valence-corrected chi connectivity index (χ1v) is 21.9. The van der Waals surface area contributed by atoms with Gasteiger partial charge in [0.1, 0.15) is 0 Å². The van der Waals surface area contributed by atoms with Gasteiger partial charge in [-0.3, -0.25) is 0 Å². The van der Waals surface area contributed by atoms with E-state index in [-0.39, 0.29) is 21.7 Å². The Labute approximate surface area is 329 Å². The topological polar surface area (TPSA) is 62.5 Å². The van der Waals surface area contributed by atoms with Crippen LogP contribution in [0.1, 0.15) is 235 Å².